The molecular weight excluding hydrogens is 367 g/mol. The minimum absolute atomic E-state index is 0.214. The minimum atomic E-state index is -5.18. The largest absolute Gasteiger partial charge is 0.481 e. The Morgan fingerprint density at radius 3 is 2.33 bits per heavy atom. The van der Waals surface area contributed by atoms with Crippen molar-refractivity contribution in [3.05, 3.63) is 60.2 Å². The van der Waals surface area contributed by atoms with Gasteiger partial charge in [0.15, 0.2) is 0 Å². The van der Waals surface area contributed by atoms with Gasteiger partial charge in [-0.15, -0.1) is 0 Å². The Morgan fingerprint density at radius 2 is 1.70 bits per heavy atom. The summed E-state index contributed by atoms with van der Waals surface area (Å²) in [5.74, 6) is -2.03. The normalized spacial score (nSPS) is 18.6. The number of benzene rings is 2. The quantitative estimate of drug-likeness (QED) is 0.868. The summed E-state index contributed by atoms with van der Waals surface area (Å²) in [4.78, 5) is 23.9. The molecule has 27 heavy (non-hydrogen) atoms. The molecule has 0 saturated heterocycles. The molecule has 0 saturated carbocycles. The number of aliphatic carboxylic acids is 1. The van der Waals surface area contributed by atoms with Crippen molar-refractivity contribution in [3.63, 3.8) is 0 Å². The van der Waals surface area contributed by atoms with E-state index in [4.69, 9.17) is 14.6 Å². The predicted octanol–water partition coefficient (Wildman–Crippen LogP) is 3.96. The van der Waals surface area contributed by atoms with Gasteiger partial charge in [0.2, 0.25) is 0 Å². The molecule has 1 heterocycles. The number of ether oxygens (including phenoxy) is 2. The number of rotatable bonds is 4. The number of nitrogens with zero attached hydrogens (tertiary/aromatic N) is 1. The molecule has 2 aromatic carbocycles. The molecule has 9 heteroatoms. The molecule has 0 fully saturated rings. The maximum atomic E-state index is 13.9. The highest BCUT2D eigenvalue weighted by Gasteiger charge is 2.68. The van der Waals surface area contributed by atoms with Gasteiger partial charge < -0.3 is 14.6 Å². The Kier molecular flexibility index (Phi) is 4.69. The van der Waals surface area contributed by atoms with Crippen LogP contribution in [0.25, 0.3) is 0 Å². The van der Waals surface area contributed by atoms with Crippen molar-refractivity contribution in [1.29, 1.82) is 0 Å². The van der Waals surface area contributed by atoms with Crippen molar-refractivity contribution in [2.75, 3.05) is 4.90 Å². The van der Waals surface area contributed by atoms with Crippen LogP contribution in [0.4, 0.5) is 23.7 Å². The molecule has 0 aromatic heterocycles. The Labute approximate surface area is 151 Å². The van der Waals surface area contributed by atoms with Gasteiger partial charge in [-0.2, -0.15) is 13.2 Å². The smallest absolute Gasteiger partial charge is 0.449 e. The number of carboxylic acid groups (broad SMARTS) is 1. The number of carbonyl (C=O) groups is 2. The summed E-state index contributed by atoms with van der Waals surface area (Å²) >= 11 is 0. The second-order valence-corrected chi connectivity index (χ2v) is 5.80. The lowest BCUT2D eigenvalue weighted by Gasteiger charge is -2.36. The van der Waals surface area contributed by atoms with Gasteiger partial charge >= 0.3 is 18.2 Å². The number of fused-ring (bicyclic) bond motifs is 1. The lowest BCUT2D eigenvalue weighted by molar-refractivity contribution is -0.244. The van der Waals surface area contributed by atoms with Crippen molar-refractivity contribution < 1.29 is 37.3 Å². The highest BCUT2D eigenvalue weighted by Crippen LogP contribution is 2.51. The Balaban J connectivity index is 1.98. The molecule has 3 rings (SSSR count). The lowest BCUT2D eigenvalue weighted by atomic mass is 10.1. The summed E-state index contributed by atoms with van der Waals surface area (Å²) in [6.45, 7) is -0.278. The molecule has 1 unspecified atom stereocenters. The number of alkyl halides is 3. The molecule has 6 nitrogen and oxygen atoms in total. The van der Waals surface area contributed by atoms with Gasteiger partial charge in [-0.3, -0.25) is 4.79 Å². The summed E-state index contributed by atoms with van der Waals surface area (Å²) in [6, 6.07) is 13.6. The zero-order valence-corrected chi connectivity index (χ0v) is 13.8. The standard InChI is InChI=1S/C18H14F3NO5/c19-18(20,21)17(10-15(23)24)22(13-8-4-5-9-14(13)27-17)16(25)26-11-12-6-2-1-3-7-12/h1-9H,10-11H2,(H,23,24). The molecule has 0 aliphatic carbocycles. The van der Waals surface area contributed by atoms with Gasteiger partial charge in [0.05, 0.1) is 5.69 Å². The number of halogens is 3. The number of hydrogen-bond donors (Lipinski definition) is 1. The van der Waals surface area contributed by atoms with E-state index < -0.39 is 30.4 Å². The number of hydrogen-bond acceptors (Lipinski definition) is 4. The third-order valence-corrected chi connectivity index (χ3v) is 3.97. The van der Waals surface area contributed by atoms with Crippen LogP contribution in [0.3, 0.4) is 0 Å². The average molecular weight is 381 g/mol. The number of carboxylic acids is 1. The van der Waals surface area contributed by atoms with E-state index in [0.29, 0.717) is 5.56 Å². The summed E-state index contributed by atoms with van der Waals surface area (Å²) in [6.07, 6.45) is -8.04. The molecule has 1 amide bonds. The number of para-hydroxylation sites is 2. The van der Waals surface area contributed by atoms with Gasteiger partial charge in [-0.25, -0.2) is 9.69 Å². The second-order valence-electron chi connectivity index (χ2n) is 5.80. The van der Waals surface area contributed by atoms with E-state index in [2.05, 4.69) is 0 Å². The number of anilines is 1. The zero-order valence-electron chi connectivity index (χ0n) is 13.8. The molecule has 1 aliphatic heterocycles. The molecule has 0 radical (unpaired) electrons. The van der Waals surface area contributed by atoms with Crippen molar-refractivity contribution in [2.24, 2.45) is 0 Å². The first-order chi connectivity index (χ1) is 12.7. The molecule has 0 bridgehead atoms. The van der Waals surface area contributed by atoms with E-state index >= 15 is 0 Å². The maximum absolute atomic E-state index is 13.9. The first-order valence-electron chi connectivity index (χ1n) is 7.82. The predicted molar refractivity (Wildman–Crippen MR) is 87.2 cm³/mol. The monoisotopic (exact) mass is 381 g/mol. The fourth-order valence-corrected chi connectivity index (χ4v) is 2.78. The third kappa shape index (κ3) is 3.40. The molecule has 2 aromatic rings. The van der Waals surface area contributed by atoms with Crippen LogP contribution in [0.1, 0.15) is 12.0 Å². The van der Waals surface area contributed by atoms with Crippen molar-refractivity contribution in [2.45, 2.75) is 24.9 Å². The van der Waals surface area contributed by atoms with Crippen LogP contribution in [0.2, 0.25) is 0 Å². The summed E-state index contributed by atoms with van der Waals surface area (Å²) in [5.41, 5.74) is -3.04. The first-order valence-corrected chi connectivity index (χ1v) is 7.82. The maximum Gasteiger partial charge on any atom is 0.449 e. The van der Waals surface area contributed by atoms with Crippen LogP contribution in [0.15, 0.2) is 54.6 Å². The Bertz CT molecular complexity index is 856. The Hall–Kier alpha value is -3.23. The molecule has 1 aliphatic rings. The highest BCUT2D eigenvalue weighted by atomic mass is 19.4. The number of carbonyl (C=O) groups excluding carboxylic acids is 1. The molecule has 142 valence electrons. The summed E-state index contributed by atoms with van der Waals surface area (Å²) in [7, 11) is 0. The van der Waals surface area contributed by atoms with Crippen LogP contribution in [-0.2, 0) is 16.1 Å². The highest BCUT2D eigenvalue weighted by molar-refractivity contribution is 5.94. The minimum Gasteiger partial charge on any atom is -0.481 e. The zero-order chi connectivity index (χ0) is 19.7. The van der Waals surface area contributed by atoms with Gasteiger partial charge in [0.25, 0.3) is 5.72 Å². The summed E-state index contributed by atoms with van der Waals surface area (Å²) in [5, 5.41) is 9.03. The Morgan fingerprint density at radius 1 is 1.07 bits per heavy atom. The van der Waals surface area contributed by atoms with Gasteiger partial charge in [0, 0.05) is 0 Å². The van der Waals surface area contributed by atoms with Gasteiger partial charge in [-0.1, -0.05) is 42.5 Å². The second kappa shape index (κ2) is 6.82. The van der Waals surface area contributed by atoms with Crippen LogP contribution < -0.4 is 9.64 Å². The van der Waals surface area contributed by atoms with Gasteiger partial charge in [0.1, 0.15) is 18.8 Å². The third-order valence-electron chi connectivity index (χ3n) is 3.97. The van der Waals surface area contributed by atoms with Crippen LogP contribution in [-0.4, -0.2) is 29.1 Å². The van der Waals surface area contributed by atoms with E-state index in [1.807, 2.05) is 0 Å². The molecule has 1 N–H and O–H groups in total. The van der Waals surface area contributed by atoms with E-state index in [-0.39, 0.29) is 22.9 Å². The SMILES string of the molecule is O=C(O)CC1(C(F)(F)F)Oc2ccccc2N1C(=O)OCc1ccccc1. The number of amides is 1. The summed E-state index contributed by atoms with van der Waals surface area (Å²) < 4.78 is 51.6. The van der Waals surface area contributed by atoms with Gasteiger partial charge in [-0.05, 0) is 17.7 Å². The van der Waals surface area contributed by atoms with E-state index in [1.54, 1.807) is 30.3 Å². The van der Waals surface area contributed by atoms with Crippen LogP contribution >= 0.6 is 0 Å². The molecule has 1 atom stereocenters. The van der Waals surface area contributed by atoms with Crippen LogP contribution in [0.5, 0.6) is 5.75 Å². The van der Waals surface area contributed by atoms with E-state index in [0.717, 1.165) is 0 Å². The van der Waals surface area contributed by atoms with Crippen molar-refractivity contribution in [3.8, 4) is 5.75 Å². The van der Waals surface area contributed by atoms with Crippen LogP contribution in [0, 0.1) is 0 Å². The molecular formula is C18H14F3NO5. The fourth-order valence-electron chi connectivity index (χ4n) is 2.78. The lowest BCUT2D eigenvalue weighted by Crippen LogP contribution is -2.63. The first kappa shape index (κ1) is 18.6. The average Bonchev–Trinajstić information content (AvgIpc) is 2.94. The topological polar surface area (TPSA) is 76.1 Å². The molecule has 0 spiro atoms. The van der Waals surface area contributed by atoms with Crippen molar-refractivity contribution >= 4 is 17.7 Å². The fraction of sp³-hybridized carbons (Fsp3) is 0.222. The van der Waals surface area contributed by atoms with E-state index in [1.165, 1.54) is 24.3 Å². The van der Waals surface area contributed by atoms with E-state index in [9.17, 15) is 22.8 Å². The van der Waals surface area contributed by atoms with Crippen molar-refractivity contribution in [1.82, 2.24) is 0 Å².